The number of aliphatic hydroxyl groups is 1. The van der Waals surface area contributed by atoms with Crippen molar-refractivity contribution in [3.8, 4) is 0 Å². The van der Waals surface area contributed by atoms with Crippen molar-refractivity contribution < 1.29 is 14.6 Å². The Balaban J connectivity index is 0. The minimum atomic E-state index is -0.230. The van der Waals surface area contributed by atoms with E-state index in [1.165, 1.54) is 18.2 Å². The number of esters is 1. The number of hydrogen-bond donors (Lipinski definition) is 1. The van der Waals surface area contributed by atoms with E-state index in [1.54, 1.807) is 0 Å². The summed E-state index contributed by atoms with van der Waals surface area (Å²) in [7, 11) is 1.39. The van der Waals surface area contributed by atoms with Crippen molar-refractivity contribution in [1.82, 2.24) is 0 Å². The van der Waals surface area contributed by atoms with Crippen molar-refractivity contribution in [1.29, 1.82) is 0 Å². The van der Waals surface area contributed by atoms with Gasteiger partial charge in [-0.05, 0) is 31.7 Å². The minimum absolute atomic E-state index is 0. The number of hydrogen-bond acceptors (Lipinski definition) is 3. The van der Waals surface area contributed by atoms with Crippen LogP contribution >= 0.6 is 0 Å². The SMILES string of the molecule is CC.COC(=O)C(CCO)CCc1ccc(C)cc1.[B]. The fourth-order valence-corrected chi connectivity index (χ4v) is 1.80. The first kappa shape index (κ1) is 21.0. The molecule has 1 unspecified atom stereocenters. The molecule has 20 heavy (non-hydrogen) atoms. The van der Waals surface area contributed by atoms with Crippen molar-refractivity contribution in [2.75, 3.05) is 13.7 Å². The molecule has 0 aliphatic carbocycles. The molecule has 4 heteroatoms. The Bertz CT molecular complexity index is 349. The highest BCUT2D eigenvalue weighted by Crippen LogP contribution is 2.15. The van der Waals surface area contributed by atoms with Crippen molar-refractivity contribution in [3.63, 3.8) is 0 Å². The first-order chi connectivity index (χ1) is 9.17. The number of carbonyl (C=O) groups excluding carboxylic acids is 1. The molecule has 3 radical (unpaired) electrons. The molecule has 3 nitrogen and oxygen atoms in total. The molecule has 0 aromatic heterocycles. The average Bonchev–Trinajstić information content (AvgIpc) is 2.46. The van der Waals surface area contributed by atoms with Gasteiger partial charge in [-0.1, -0.05) is 43.7 Å². The molecule has 1 aromatic rings. The number of benzene rings is 1. The van der Waals surface area contributed by atoms with Crippen LogP contribution in [0.2, 0.25) is 0 Å². The summed E-state index contributed by atoms with van der Waals surface area (Å²) in [6.45, 7) is 6.07. The predicted octanol–water partition coefficient (Wildman–Crippen LogP) is 2.74. The standard InChI is InChI=1S/C14H20O3.C2H6.B/c1-11-3-5-12(6-4-11)7-8-13(9-10-15)14(16)17-2;1-2;/h3-6,13,15H,7-10H2,1-2H3;1-2H3;. The number of carbonyl (C=O) groups is 1. The first-order valence-corrected chi connectivity index (χ1v) is 6.91. The Hall–Kier alpha value is -1.29. The monoisotopic (exact) mass is 277 g/mol. The van der Waals surface area contributed by atoms with Crippen molar-refractivity contribution in [3.05, 3.63) is 35.4 Å². The molecule has 0 aliphatic rings. The number of ether oxygens (including phenoxy) is 1. The van der Waals surface area contributed by atoms with Crippen LogP contribution in [0.25, 0.3) is 0 Å². The maximum absolute atomic E-state index is 11.4. The van der Waals surface area contributed by atoms with E-state index in [0.29, 0.717) is 6.42 Å². The summed E-state index contributed by atoms with van der Waals surface area (Å²) in [4.78, 5) is 11.4. The number of methoxy groups -OCH3 is 1. The topological polar surface area (TPSA) is 46.5 Å². The Labute approximate surface area is 124 Å². The lowest BCUT2D eigenvalue weighted by atomic mass is 9.96. The van der Waals surface area contributed by atoms with Crippen molar-refractivity contribution in [2.45, 2.75) is 40.0 Å². The summed E-state index contributed by atoms with van der Waals surface area (Å²) in [5, 5.41) is 8.91. The van der Waals surface area contributed by atoms with Gasteiger partial charge < -0.3 is 9.84 Å². The van der Waals surface area contributed by atoms with Crippen LogP contribution in [0.4, 0.5) is 0 Å². The zero-order chi connectivity index (χ0) is 14.7. The van der Waals surface area contributed by atoms with Crippen LogP contribution in [-0.4, -0.2) is 33.2 Å². The van der Waals surface area contributed by atoms with E-state index in [1.807, 2.05) is 20.8 Å². The molecular weight excluding hydrogens is 251 g/mol. The summed E-state index contributed by atoms with van der Waals surface area (Å²) >= 11 is 0. The highest BCUT2D eigenvalue weighted by atomic mass is 16.5. The van der Waals surface area contributed by atoms with Gasteiger partial charge in [0, 0.05) is 15.0 Å². The number of rotatable bonds is 6. The molecule has 0 bridgehead atoms. The summed E-state index contributed by atoms with van der Waals surface area (Å²) in [5.74, 6) is -0.433. The van der Waals surface area contributed by atoms with E-state index >= 15 is 0 Å². The van der Waals surface area contributed by atoms with E-state index < -0.39 is 0 Å². The van der Waals surface area contributed by atoms with E-state index in [4.69, 9.17) is 9.84 Å². The molecule has 0 aliphatic heterocycles. The molecule has 0 heterocycles. The normalized spacial score (nSPS) is 10.7. The minimum Gasteiger partial charge on any atom is -0.469 e. The van der Waals surface area contributed by atoms with Crippen LogP contribution in [0.1, 0.15) is 37.8 Å². The van der Waals surface area contributed by atoms with E-state index in [2.05, 4.69) is 24.3 Å². The smallest absolute Gasteiger partial charge is 0.308 e. The van der Waals surface area contributed by atoms with Gasteiger partial charge in [0.05, 0.1) is 13.0 Å². The Morgan fingerprint density at radius 3 is 2.20 bits per heavy atom. The second kappa shape index (κ2) is 12.7. The lowest BCUT2D eigenvalue weighted by Gasteiger charge is -2.13. The second-order valence-electron chi connectivity index (χ2n) is 4.26. The zero-order valence-corrected chi connectivity index (χ0v) is 13.1. The third-order valence-electron chi connectivity index (χ3n) is 2.91. The highest BCUT2D eigenvalue weighted by Gasteiger charge is 2.18. The van der Waals surface area contributed by atoms with Crippen LogP contribution in [-0.2, 0) is 16.0 Å². The molecule has 1 atom stereocenters. The summed E-state index contributed by atoms with van der Waals surface area (Å²) in [5.41, 5.74) is 2.44. The van der Waals surface area contributed by atoms with Gasteiger partial charge in [-0.3, -0.25) is 4.79 Å². The molecule has 111 valence electrons. The van der Waals surface area contributed by atoms with Gasteiger partial charge in [-0.15, -0.1) is 0 Å². The van der Waals surface area contributed by atoms with Crippen LogP contribution in [0.15, 0.2) is 24.3 Å². The van der Waals surface area contributed by atoms with E-state index in [-0.39, 0.29) is 26.9 Å². The molecule has 0 fully saturated rings. The van der Waals surface area contributed by atoms with Gasteiger partial charge >= 0.3 is 5.97 Å². The number of aliphatic hydroxyl groups excluding tert-OH is 1. The fourth-order valence-electron chi connectivity index (χ4n) is 1.80. The van der Waals surface area contributed by atoms with Crippen LogP contribution < -0.4 is 0 Å². The maximum Gasteiger partial charge on any atom is 0.308 e. The van der Waals surface area contributed by atoms with Crippen LogP contribution in [0.3, 0.4) is 0 Å². The maximum atomic E-state index is 11.4. The second-order valence-corrected chi connectivity index (χ2v) is 4.26. The first-order valence-electron chi connectivity index (χ1n) is 6.91. The van der Waals surface area contributed by atoms with Crippen LogP contribution in [0.5, 0.6) is 0 Å². The predicted molar refractivity (Wildman–Crippen MR) is 83.8 cm³/mol. The molecule has 1 aromatic carbocycles. The lowest BCUT2D eigenvalue weighted by Crippen LogP contribution is -2.18. The Kier molecular flexibility index (Phi) is 13.4. The molecule has 0 saturated heterocycles. The number of aryl methyl sites for hydroxylation is 2. The van der Waals surface area contributed by atoms with Gasteiger partial charge in [-0.2, -0.15) is 0 Å². The third kappa shape index (κ3) is 8.00. The van der Waals surface area contributed by atoms with Gasteiger partial charge in [-0.25, -0.2) is 0 Å². The zero-order valence-electron chi connectivity index (χ0n) is 13.1. The summed E-state index contributed by atoms with van der Waals surface area (Å²) in [6, 6.07) is 8.27. The third-order valence-corrected chi connectivity index (χ3v) is 2.91. The van der Waals surface area contributed by atoms with Crippen LogP contribution in [0, 0.1) is 12.8 Å². The van der Waals surface area contributed by atoms with E-state index in [0.717, 1.165) is 12.8 Å². The molecule has 1 N–H and O–H groups in total. The fraction of sp³-hybridized carbons (Fsp3) is 0.562. The van der Waals surface area contributed by atoms with Crippen molar-refractivity contribution in [2.24, 2.45) is 5.92 Å². The summed E-state index contributed by atoms with van der Waals surface area (Å²) in [6.07, 6.45) is 2.02. The largest absolute Gasteiger partial charge is 0.469 e. The van der Waals surface area contributed by atoms with Gasteiger partial charge in [0.15, 0.2) is 0 Å². The molecule has 1 rings (SSSR count). The van der Waals surface area contributed by atoms with Gasteiger partial charge in [0.2, 0.25) is 0 Å². The lowest BCUT2D eigenvalue weighted by molar-refractivity contribution is -0.146. The quantitative estimate of drug-likeness (QED) is 0.642. The molecule has 0 amide bonds. The average molecular weight is 277 g/mol. The Morgan fingerprint density at radius 2 is 1.75 bits per heavy atom. The Morgan fingerprint density at radius 1 is 1.20 bits per heavy atom. The molecule has 0 spiro atoms. The van der Waals surface area contributed by atoms with Crippen molar-refractivity contribution >= 4 is 14.4 Å². The molecule has 0 saturated carbocycles. The van der Waals surface area contributed by atoms with Gasteiger partial charge in [0.1, 0.15) is 0 Å². The van der Waals surface area contributed by atoms with E-state index in [9.17, 15) is 4.79 Å². The van der Waals surface area contributed by atoms with Gasteiger partial charge in [0.25, 0.3) is 0 Å². The molecular formula is C16H26BO3. The highest BCUT2D eigenvalue weighted by molar-refractivity contribution is 5.75. The summed E-state index contributed by atoms with van der Waals surface area (Å²) < 4.78 is 4.72.